The molecule has 1 heterocycles. The number of carbonyl (C=O) groups excluding carboxylic acids is 1. The predicted molar refractivity (Wildman–Crippen MR) is 59.7 cm³/mol. The maximum Gasteiger partial charge on any atom is 0.573 e. The molecule has 118 valence electrons. The number of hydrogen-bond acceptors (Lipinski definition) is 5. The normalized spacial score (nSPS) is 11.6. The Labute approximate surface area is 115 Å². The van der Waals surface area contributed by atoms with Crippen LogP contribution in [0.3, 0.4) is 0 Å². The summed E-state index contributed by atoms with van der Waals surface area (Å²) in [4.78, 5) is 14.9. The van der Waals surface area contributed by atoms with Crippen LogP contribution in [0.1, 0.15) is 35.1 Å². The maximum absolute atomic E-state index is 12.7. The minimum atomic E-state index is -5.21. The lowest BCUT2D eigenvalue weighted by Gasteiger charge is -2.15. The Morgan fingerprint density at radius 2 is 2.05 bits per heavy atom. The molecule has 1 aromatic rings. The van der Waals surface area contributed by atoms with E-state index in [9.17, 15) is 26.7 Å². The van der Waals surface area contributed by atoms with Crippen LogP contribution in [-0.4, -0.2) is 23.9 Å². The van der Waals surface area contributed by atoms with E-state index >= 15 is 0 Å². The molecule has 0 aliphatic rings. The number of esters is 1. The Hall–Kier alpha value is -1.97. The summed E-state index contributed by atoms with van der Waals surface area (Å²) in [7, 11) is 0. The monoisotopic (exact) mass is 314 g/mol. The molecule has 2 N–H and O–H groups in total. The zero-order chi connectivity index (χ0) is 16.2. The van der Waals surface area contributed by atoms with E-state index in [1.165, 1.54) is 6.92 Å². The fourth-order valence-corrected chi connectivity index (χ4v) is 1.45. The highest BCUT2D eigenvalue weighted by molar-refractivity contribution is 5.91. The van der Waals surface area contributed by atoms with E-state index in [0.717, 1.165) is 0 Å². The standard InChI is InChI=1S/C11H11F5N2O3/c1-2-20-10(19)5-3-7(21-11(14,15)16)8(9(12)13)18-6(5)4-17/h3,9H,2,4,17H2,1H3. The first-order valence-electron chi connectivity index (χ1n) is 5.64. The quantitative estimate of drug-likeness (QED) is 0.668. The third-order valence-electron chi connectivity index (χ3n) is 2.22. The number of rotatable bonds is 5. The van der Waals surface area contributed by atoms with Gasteiger partial charge in [0.1, 0.15) is 5.69 Å². The molecule has 0 radical (unpaired) electrons. The zero-order valence-electron chi connectivity index (χ0n) is 10.7. The highest BCUT2D eigenvalue weighted by atomic mass is 19.4. The fraction of sp³-hybridized carbons (Fsp3) is 0.455. The summed E-state index contributed by atoms with van der Waals surface area (Å²) in [5.74, 6) is -2.30. The van der Waals surface area contributed by atoms with Gasteiger partial charge in [0.2, 0.25) is 0 Å². The van der Waals surface area contributed by atoms with Gasteiger partial charge in [0.15, 0.2) is 5.75 Å². The molecule has 0 amide bonds. The average Bonchev–Trinajstić information content (AvgIpc) is 2.36. The van der Waals surface area contributed by atoms with E-state index in [-0.39, 0.29) is 12.3 Å². The minimum absolute atomic E-state index is 0.0606. The van der Waals surface area contributed by atoms with Crippen molar-refractivity contribution in [1.29, 1.82) is 0 Å². The van der Waals surface area contributed by atoms with Gasteiger partial charge in [-0.2, -0.15) is 0 Å². The zero-order valence-corrected chi connectivity index (χ0v) is 10.7. The van der Waals surface area contributed by atoms with Crippen LogP contribution in [0.4, 0.5) is 22.0 Å². The molecule has 0 bridgehead atoms. The molecule has 1 rings (SSSR count). The van der Waals surface area contributed by atoms with Crippen LogP contribution in [0.2, 0.25) is 0 Å². The molecule has 0 aliphatic carbocycles. The number of pyridine rings is 1. The third kappa shape index (κ3) is 4.52. The molecular formula is C11H11F5N2O3. The summed E-state index contributed by atoms with van der Waals surface area (Å²) in [6, 6.07) is 0.502. The van der Waals surface area contributed by atoms with Crippen LogP contribution in [0, 0.1) is 0 Å². The summed E-state index contributed by atoms with van der Waals surface area (Å²) >= 11 is 0. The van der Waals surface area contributed by atoms with Crippen molar-refractivity contribution >= 4 is 5.97 Å². The lowest BCUT2D eigenvalue weighted by atomic mass is 10.1. The van der Waals surface area contributed by atoms with E-state index < -0.39 is 42.3 Å². The number of nitrogens with zero attached hydrogens (tertiary/aromatic N) is 1. The van der Waals surface area contributed by atoms with E-state index in [1.54, 1.807) is 0 Å². The van der Waals surface area contributed by atoms with Crippen molar-refractivity contribution < 1.29 is 36.2 Å². The number of hydrogen-bond donors (Lipinski definition) is 1. The molecule has 0 fully saturated rings. The maximum atomic E-state index is 12.7. The molecule has 0 saturated carbocycles. The second kappa shape index (κ2) is 6.66. The Bertz CT molecular complexity index is 519. The van der Waals surface area contributed by atoms with Gasteiger partial charge in [0, 0.05) is 6.54 Å². The molecule has 5 nitrogen and oxygen atoms in total. The predicted octanol–water partition coefficient (Wildman–Crippen LogP) is 2.55. The molecule has 0 spiro atoms. The largest absolute Gasteiger partial charge is 0.573 e. The minimum Gasteiger partial charge on any atom is -0.462 e. The van der Waals surface area contributed by atoms with Crippen LogP contribution in [0.15, 0.2) is 6.07 Å². The van der Waals surface area contributed by atoms with Crippen molar-refractivity contribution in [1.82, 2.24) is 4.98 Å². The fourth-order valence-electron chi connectivity index (χ4n) is 1.45. The summed E-state index contributed by atoms with van der Waals surface area (Å²) in [5.41, 5.74) is 3.24. The van der Waals surface area contributed by atoms with Gasteiger partial charge in [-0.1, -0.05) is 0 Å². The number of aromatic nitrogens is 1. The number of ether oxygens (including phenoxy) is 2. The van der Waals surface area contributed by atoms with E-state index in [4.69, 9.17) is 5.73 Å². The number of carbonyl (C=O) groups is 1. The van der Waals surface area contributed by atoms with Gasteiger partial charge >= 0.3 is 12.3 Å². The average molecular weight is 314 g/mol. The lowest BCUT2D eigenvalue weighted by molar-refractivity contribution is -0.275. The van der Waals surface area contributed by atoms with Gasteiger partial charge in [-0.25, -0.2) is 18.6 Å². The topological polar surface area (TPSA) is 74.4 Å². The molecule has 21 heavy (non-hydrogen) atoms. The molecule has 10 heteroatoms. The van der Waals surface area contributed by atoms with E-state index in [1.807, 2.05) is 0 Å². The van der Waals surface area contributed by atoms with Crippen LogP contribution < -0.4 is 10.5 Å². The second-order valence-electron chi connectivity index (χ2n) is 3.64. The number of halogens is 5. The van der Waals surface area contributed by atoms with Crippen molar-refractivity contribution in [3.63, 3.8) is 0 Å². The van der Waals surface area contributed by atoms with E-state index in [2.05, 4.69) is 14.5 Å². The Kier molecular flexibility index (Phi) is 5.41. The molecule has 0 unspecified atom stereocenters. The second-order valence-corrected chi connectivity index (χ2v) is 3.64. The van der Waals surface area contributed by atoms with Crippen molar-refractivity contribution in [2.24, 2.45) is 5.73 Å². The highest BCUT2D eigenvalue weighted by Gasteiger charge is 2.35. The van der Waals surface area contributed by atoms with Crippen LogP contribution >= 0.6 is 0 Å². The SMILES string of the molecule is CCOC(=O)c1cc(OC(F)(F)F)c(C(F)F)nc1CN. The van der Waals surface area contributed by atoms with Crippen molar-refractivity contribution in [2.45, 2.75) is 26.3 Å². The summed E-state index contributed by atoms with van der Waals surface area (Å²) in [6.45, 7) is 0.975. The van der Waals surface area contributed by atoms with Gasteiger partial charge in [-0.05, 0) is 13.0 Å². The Morgan fingerprint density at radius 1 is 1.43 bits per heavy atom. The molecule has 0 saturated heterocycles. The molecular weight excluding hydrogens is 303 g/mol. The van der Waals surface area contributed by atoms with Gasteiger partial charge in [0.25, 0.3) is 6.43 Å². The Morgan fingerprint density at radius 3 is 2.48 bits per heavy atom. The van der Waals surface area contributed by atoms with Crippen LogP contribution in [0.5, 0.6) is 5.75 Å². The molecule has 1 aromatic heterocycles. The smallest absolute Gasteiger partial charge is 0.462 e. The first-order valence-corrected chi connectivity index (χ1v) is 5.64. The first kappa shape index (κ1) is 17.1. The van der Waals surface area contributed by atoms with E-state index in [0.29, 0.717) is 6.07 Å². The van der Waals surface area contributed by atoms with Crippen LogP contribution in [0.25, 0.3) is 0 Å². The van der Waals surface area contributed by atoms with Gasteiger partial charge in [0.05, 0.1) is 17.9 Å². The first-order chi connectivity index (χ1) is 9.69. The number of alkyl halides is 5. The summed E-state index contributed by atoms with van der Waals surface area (Å²) in [6.07, 6.45) is -8.54. The highest BCUT2D eigenvalue weighted by Crippen LogP contribution is 2.33. The molecule has 0 aliphatic heterocycles. The molecule has 0 atom stereocenters. The lowest BCUT2D eigenvalue weighted by Crippen LogP contribution is -2.21. The van der Waals surface area contributed by atoms with Crippen molar-refractivity contribution in [3.05, 3.63) is 23.0 Å². The van der Waals surface area contributed by atoms with Gasteiger partial charge in [-0.3, -0.25) is 0 Å². The van der Waals surface area contributed by atoms with Gasteiger partial charge < -0.3 is 15.2 Å². The Balaban J connectivity index is 3.38. The number of nitrogens with two attached hydrogens (primary N) is 1. The van der Waals surface area contributed by atoms with Crippen molar-refractivity contribution in [2.75, 3.05) is 6.61 Å². The molecule has 0 aromatic carbocycles. The van der Waals surface area contributed by atoms with Crippen LogP contribution in [-0.2, 0) is 11.3 Å². The van der Waals surface area contributed by atoms with Gasteiger partial charge in [-0.15, -0.1) is 13.2 Å². The summed E-state index contributed by atoms with van der Waals surface area (Å²) < 4.78 is 70.2. The third-order valence-corrected chi connectivity index (χ3v) is 2.22. The van der Waals surface area contributed by atoms with Crippen molar-refractivity contribution in [3.8, 4) is 5.75 Å². The summed E-state index contributed by atoms with van der Waals surface area (Å²) in [5, 5.41) is 0.